The SMILES string of the molecule is Cc1cccc([C@H](C)Op2oc3ccc(C)c(C)c3c3c(C)c(C)ccc3o2)n1. The predicted octanol–water partition coefficient (Wildman–Crippen LogP) is 7.42. The topological polar surface area (TPSA) is 48.4 Å². The number of hydrogen-bond acceptors (Lipinski definition) is 4. The molecule has 0 fully saturated rings. The molecule has 1 atom stereocenters. The highest BCUT2D eigenvalue weighted by Gasteiger charge is 2.16. The summed E-state index contributed by atoms with van der Waals surface area (Å²) >= 11 is 0. The summed E-state index contributed by atoms with van der Waals surface area (Å²) in [7, 11) is -1.63. The molecule has 4 aromatic rings. The molecule has 0 unspecified atom stereocenters. The summed E-state index contributed by atoms with van der Waals surface area (Å²) in [4.78, 5) is 4.58. The maximum atomic E-state index is 6.29. The van der Waals surface area contributed by atoms with Crippen molar-refractivity contribution in [3.63, 3.8) is 0 Å². The minimum Gasteiger partial charge on any atom is -0.399 e. The summed E-state index contributed by atoms with van der Waals surface area (Å²) in [5.41, 5.74) is 8.28. The fraction of sp³-hybridized carbons (Fsp3) is 0.292. The summed E-state index contributed by atoms with van der Waals surface area (Å²) in [5, 5.41) is 2.19. The Morgan fingerprint density at radius 1 is 0.793 bits per heavy atom. The molecule has 0 aliphatic carbocycles. The summed E-state index contributed by atoms with van der Waals surface area (Å²) in [6, 6.07) is 14.1. The van der Waals surface area contributed by atoms with Crippen LogP contribution >= 0.6 is 8.24 Å². The Labute approximate surface area is 172 Å². The average molecular weight is 407 g/mol. The maximum Gasteiger partial charge on any atom is 0.388 e. The molecule has 2 heterocycles. The Kier molecular flexibility index (Phi) is 5.24. The van der Waals surface area contributed by atoms with Crippen LogP contribution in [0.2, 0.25) is 0 Å². The van der Waals surface area contributed by atoms with E-state index in [1.54, 1.807) is 0 Å². The van der Waals surface area contributed by atoms with E-state index in [0.717, 1.165) is 33.3 Å². The van der Waals surface area contributed by atoms with Gasteiger partial charge < -0.3 is 8.39 Å². The quantitative estimate of drug-likeness (QED) is 0.355. The number of aryl methyl sites for hydroxylation is 5. The second-order valence-electron chi connectivity index (χ2n) is 7.62. The van der Waals surface area contributed by atoms with Crippen molar-refractivity contribution in [3.05, 3.63) is 76.1 Å². The monoisotopic (exact) mass is 407 g/mol. The van der Waals surface area contributed by atoms with Gasteiger partial charge in [0.25, 0.3) is 0 Å². The molecule has 4 nitrogen and oxygen atoms in total. The van der Waals surface area contributed by atoms with Gasteiger partial charge in [-0.15, -0.1) is 0 Å². The van der Waals surface area contributed by atoms with Crippen LogP contribution in [0.15, 0.2) is 50.9 Å². The lowest BCUT2D eigenvalue weighted by molar-refractivity contribution is 0.279. The molecule has 150 valence electrons. The molecule has 0 bridgehead atoms. The van der Waals surface area contributed by atoms with Crippen molar-refractivity contribution in [2.45, 2.75) is 47.6 Å². The van der Waals surface area contributed by atoms with Crippen LogP contribution < -0.4 is 4.52 Å². The lowest BCUT2D eigenvalue weighted by atomic mass is 9.97. The average Bonchev–Trinajstić information content (AvgIpc) is 2.85. The van der Waals surface area contributed by atoms with E-state index in [0.29, 0.717) is 0 Å². The van der Waals surface area contributed by atoms with Crippen molar-refractivity contribution in [2.24, 2.45) is 0 Å². The van der Waals surface area contributed by atoms with Gasteiger partial charge in [-0.25, -0.2) is 0 Å². The van der Waals surface area contributed by atoms with Crippen LogP contribution in [-0.4, -0.2) is 4.98 Å². The van der Waals surface area contributed by atoms with Crippen molar-refractivity contribution in [1.82, 2.24) is 4.98 Å². The second-order valence-corrected chi connectivity index (χ2v) is 8.64. The van der Waals surface area contributed by atoms with Gasteiger partial charge >= 0.3 is 8.24 Å². The van der Waals surface area contributed by atoms with Crippen LogP contribution in [-0.2, 0) is 0 Å². The zero-order valence-electron chi connectivity index (χ0n) is 17.7. The lowest BCUT2D eigenvalue weighted by Gasteiger charge is -2.10. The zero-order chi connectivity index (χ0) is 20.7. The van der Waals surface area contributed by atoms with Crippen molar-refractivity contribution >= 4 is 30.2 Å². The number of aromatic nitrogens is 1. The Hall–Kier alpha value is -2.55. The molecule has 2 aromatic heterocycles. The highest BCUT2D eigenvalue weighted by atomic mass is 31.1. The molecule has 0 N–H and O–H groups in total. The van der Waals surface area contributed by atoms with Crippen LogP contribution in [0.4, 0.5) is 0 Å². The van der Waals surface area contributed by atoms with E-state index in [1.165, 1.54) is 22.3 Å². The van der Waals surface area contributed by atoms with Crippen molar-refractivity contribution < 1.29 is 12.9 Å². The summed E-state index contributed by atoms with van der Waals surface area (Å²) < 4.78 is 18.8. The van der Waals surface area contributed by atoms with Crippen LogP contribution in [0.5, 0.6) is 0 Å². The van der Waals surface area contributed by atoms with E-state index < -0.39 is 8.24 Å². The molecule has 2 aromatic carbocycles. The number of pyridine rings is 1. The molecule has 29 heavy (non-hydrogen) atoms. The second kappa shape index (κ2) is 7.70. The summed E-state index contributed by atoms with van der Waals surface area (Å²) in [6.45, 7) is 12.5. The first-order valence-electron chi connectivity index (χ1n) is 9.82. The van der Waals surface area contributed by atoms with Crippen molar-refractivity contribution in [1.29, 1.82) is 0 Å². The Morgan fingerprint density at radius 2 is 1.34 bits per heavy atom. The molecular weight excluding hydrogens is 381 g/mol. The Morgan fingerprint density at radius 3 is 1.86 bits per heavy atom. The zero-order valence-corrected chi connectivity index (χ0v) is 18.6. The number of rotatable bonds is 3. The van der Waals surface area contributed by atoms with Gasteiger partial charge in [0.1, 0.15) is 17.3 Å². The summed E-state index contributed by atoms with van der Waals surface area (Å²) in [6.07, 6.45) is -0.246. The van der Waals surface area contributed by atoms with Gasteiger partial charge in [-0.05, 0) is 88.1 Å². The highest BCUT2D eigenvalue weighted by molar-refractivity contribution is 7.31. The minimum atomic E-state index is -1.63. The van der Waals surface area contributed by atoms with Crippen molar-refractivity contribution in [2.75, 3.05) is 0 Å². The molecular formula is C24H26NO3P. The minimum absolute atomic E-state index is 0.246. The maximum absolute atomic E-state index is 6.29. The van der Waals surface area contributed by atoms with Crippen molar-refractivity contribution in [3.8, 4) is 0 Å². The van der Waals surface area contributed by atoms with Gasteiger partial charge in [0, 0.05) is 16.5 Å². The first-order chi connectivity index (χ1) is 13.8. The Bertz CT molecular complexity index is 1190. The lowest BCUT2D eigenvalue weighted by Crippen LogP contribution is -2.03. The number of nitrogens with zero attached hydrogens (tertiary/aromatic N) is 1. The predicted molar refractivity (Wildman–Crippen MR) is 119 cm³/mol. The molecule has 5 heteroatoms. The van der Waals surface area contributed by atoms with Gasteiger partial charge in [-0.3, -0.25) is 9.51 Å². The van der Waals surface area contributed by atoms with E-state index in [1.807, 2.05) is 44.2 Å². The van der Waals surface area contributed by atoms with Gasteiger partial charge in [0.05, 0.1) is 5.69 Å². The molecule has 4 rings (SSSR count). The van der Waals surface area contributed by atoms with E-state index >= 15 is 0 Å². The van der Waals surface area contributed by atoms with E-state index in [4.69, 9.17) is 12.9 Å². The van der Waals surface area contributed by atoms with E-state index in [9.17, 15) is 0 Å². The largest absolute Gasteiger partial charge is 0.399 e. The molecule has 0 saturated heterocycles. The van der Waals surface area contributed by atoms with E-state index in [-0.39, 0.29) is 6.10 Å². The first-order valence-corrected chi connectivity index (χ1v) is 10.9. The summed E-state index contributed by atoms with van der Waals surface area (Å²) in [5.74, 6) is 0. The fourth-order valence-electron chi connectivity index (χ4n) is 3.55. The third kappa shape index (κ3) is 3.71. The number of benzene rings is 2. The number of fused-ring (bicyclic) bond motifs is 3. The van der Waals surface area contributed by atoms with Crippen LogP contribution in [0.3, 0.4) is 0 Å². The molecule has 0 aliphatic heterocycles. The first kappa shape index (κ1) is 19.8. The van der Waals surface area contributed by atoms with Gasteiger partial charge in [0.15, 0.2) is 0 Å². The fourth-order valence-corrected chi connectivity index (χ4v) is 4.67. The highest BCUT2D eigenvalue weighted by Crippen LogP contribution is 2.39. The Balaban J connectivity index is 1.97. The standard InChI is InChI=1S/C24H26NO3P/c1-14-10-12-21-23(17(14)4)24-18(5)15(2)11-13-22(24)28-29(27-21)26-19(6)20-9-7-8-16(3)25-20/h7-13,19H,1-6H3/t19-/m0/s1. The van der Waals surface area contributed by atoms with Crippen LogP contribution in [0.1, 0.15) is 46.7 Å². The molecule has 0 aliphatic rings. The third-order valence-corrected chi connectivity index (χ3v) is 6.74. The van der Waals surface area contributed by atoms with Crippen LogP contribution in [0, 0.1) is 34.6 Å². The molecule has 0 amide bonds. The normalized spacial score (nSPS) is 12.5. The van der Waals surface area contributed by atoms with Gasteiger partial charge in [-0.1, -0.05) is 18.2 Å². The van der Waals surface area contributed by atoms with Gasteiger partial charge in [-0.2, -0.15) is 0 Å². The number of hydrogen-bond donors (Lipinski definition) is 0. The van der Waals surface area contributed by atoms with E-state index in [2.05, 4.69) is 44.8 Å². The smallest absolute Gasteiger partial charge is 0.388 e. The third-order valence-electron chi connectivity index (χ3n) is 5.56. The molecule has 0 radical (unpaired) electrons. The van der Waals surface area contributed by atoms with Gasteiger partial charge in [0.2, 0.25) is 0 Å². The van der Waals surface area contributed by atoms with Crippen LogP contribution in [0.25, 0.3) is 21.9 Å². The molecule has 0 spiro atoms. The molecule has 0 saturated carbocycles.